The van der Waals surface area contributed by atoms with Gasteiger partial charge in [-0.2, -0.15) is 0 Å². The molecule has 5 aromatic rings. The number of carbonyl (C=O) groups is 2. The topological polar surface area (TPSA) is 116 Å². The fraction of sp³-hybridized carbons (Fsp3) is 0.212. The minimum absolute atomic E-state index is 0.00529. The number of hydrogen-bond acceptors (Lipinski definition) is 6. The number of aryl methyl sites for hydroxylation is 1. The predicted octanol–water partition coefficient (Wildman–Crippen LogP) is 5.31. The zero-order chi connectivity index (χ0) is 31.4. The minimum Gasteiger partial charge on any atom is -0.478 e. The Kier molecular flexibility index (Phi) is 8.96. The molecule has 2 heterocycles. The fourth-order valence-electron chi connectivity index (χ4n) is 4.83. The van der Waals surface area contributed by atoms with Gasteiger partial charge in [-0.3, -0.25) is 4.79 Å². The van der Waals surface area contributed by atoms with E-state index in [0.29, 0.717) is 39.2 Å². The largest absolute Gasteiger partial charge is 0.478 e. The molecular formula is C33H30F2N4O5. The molecule has 0 saturated heterocycles. The highest BCUT2D eigenvalue weighted by molar-refractivity contribution is 5.92. The standard InChI is InChI=1S/C33H30F2N4O5/c1-19-7-8-23(24(34)13-19)18-44-31-6-4-5-26(38-31)21-10-9-20(25(35)14-21)16-30-37-27-12-11-22(33(41)42)15-28(27)39(30)17-29(43-3)32(40)36-2/h4-15,29H,16-18H2,1-3H3,(H,36,40)(H,41,42)/t29-/m1/s1. The van der Waals surface area contributed by atoms with Gasteiger partial charge in [-0.15, -0.1) is 0 Å². The Labute approximate surface area is 252 Å². The van der Waals surface area contributed by atoms with E-state index in [1.807, 2.05) is 0 Å². The molecule has 3 aromatic carbocycles. The van der Waals surface area contributed by atoms with E-state index in [0.717, 1.165) is 5.56 Å². The first-order valence-corrected chi connectivity index (χ1v) is 13.8. The molecule has 0 bridgehead atoms. The first-order chi connectivity index (χ1) is 21.2. The Bertz CT molecular complexity index is 1860. The monoisotopic (exact) mass is 600 g/mol. The lowest BCUT2D eigenvalue weighted by Crippen LogP contribution is -2.36. The van der Waals surface area contributed by atoms with Crippen LogP contribution in [0.5, 0.6) is 5.88 Å². The van der Waals surface area contributed by atoms with Crippen LogP contribution < -0.4 is 10.1 Å². The van der Waals surface area contributed by atoms with Gasteiger partial charge >= 0.3 is 5.97 Å². The summed E-state index contributed by atoms with van der Waals surface area (Å²) in [5.41, 5.74) is 3.56. The number of benzene rings is 3. The van der Waals surface area contributed by atoms with E-state index in [1.54, 1.807) is 60.0 Å². The third kappa shape index (κ3) is 6.57. The predicted molar refractivity (Wildman–Crippen MR) is 159 cm³/mol. The number of carboxylic acids is 1. The molecule has 0 fully saturated rings. The number of imidazole rings is 1. The summed E-state index contributed by atoms with van der Waals surface area (Å²) in [5.74, 6) is -1.64. The van der Waals surface area contributed by atoms with Gasteiger partial charge in [-0.05, 0) is 54.4 Å². The number of halogens is 2. The van der Waals surface area contributed by atoms with Crippen molar-refractivity contribution in [2.45, 2.75) is 32.6 Å². The summed E-state index contributed by atoms with van der Waals surface area (Å²) in [6, 6.07) is 19.2. The van der Waals surface area contributed by atoms with Crippen molar-refractivity contribution in [3.05, 3.63) is 113 Å². The summed E-state index contributed by atoms with van der Waals surface area (Å²) < 4.78 is 42.5. The van der Waals surface area contributed by atoms with Crippen LogP contribution in [0.3, 0.4) is 0 Å². The van der Waals surface area contributed by atoms with E-state index >= 15 is 4.39 Å². The van der Waals surface area contributed by atoms with Gasteiger partial charge in [-0.1, -0.05) is 30.3 Å². The fourth-order valence-corrected chi connectivity index (χ4v) is 4.83. The van der Waals surface area contributed by atoms with E-state index in [2.05, 4.69) is 15.3 Å². The van der Waals surface area contributed by atoms with Gasteiger partial charge in [-0.25, -0.2) is 23.5 Å². The molecule has 11 heteroatoms. The molecule has 2 N–H and O–H groups in total. The molecule has 0 spiro atoms. The van der Waals surface area contributed by atoms with E-state index in [-0.39, 0.29) is 42.7 Å². The number of ether oxygens (including phenoxy) is 2. The zero-order valence-corrected chi connectivity index (χ0v) is 24.3. The molecule has 0 aliphatic heterocycles. The van der Waals surface area contributed by atoms with E-state index in [4.69, 9.17) is 9.47 Å². The first kappa shape index (κ1) is 30.3. The zero-order valence-electron chi connectivity index (χ0n) is 24.3. The van der Waals surface area contributed by atoms with Gasteiger partial charge < -0.3 is 24.5 Å². The van der Waals surface area contributed by atoms with Crippen LogP contribution >= 0.6 is 0 Å². The second-order valence-electron chi connectivity index (χ2n) is 10.2. The van der Waals surface area contributed by atoms with Crippen LogP contribution in [0, 0.1) is 18.6 Å². The third-order valence-electron chi connectivity index (χ3n) is 7.25. The van der Waals surface area contributed by atoms with Crippen molar-refractivity contribution in [2.24, 2.45) is 0 Å². The van der Waals surface area contributed by atoms with E-state index < -0.39 is 17.9 Å². The van der Waals surface area contributed by atoms with Gasteiger partial charge in [0.25, 0.3) is 5.91 Å². The SMILES string of the molecule is CNC(=O)[C@@H](Cn1c(Cc2ccc(-c3cccc(OCc4ccc(C)cc4F)n3)cc2F)nc2ccc(C(=O)O)cc21)OC. The Hall–Kier alpha value is -5.16. The molecular weight excluding hydrogens is 570 g/mol. The van der Waals surface area contributed by atoms with Crippen molar-refractivity contribution >= 4 is 22.9 Å². The van der Waals surface area contributed by atoms with Crippen LogP contribution in [-0.4, -0.2) is 51.8 Å². The summed E-state index contributed by atoms with van der Waals surface area (Å²) in [4.78, 5) is 33.1. The highest BCUT2D eigenvalue weighted by Crippen LogP contribution is 2.26. The molecule has 2 aromatic heterocycles. The molecule has 1 atom stereocenters. The Morgan fingerprint density at radius 2 is 1.75 bits per heavy atom. The summed E-state index contributed by atoms with van der Waals surface area (Å²) >= 11 is 0. The first-order valence-electron chi connectivity index (χ1n) is 13.8. The number of hydrogen-bond donors (Lipinski definition) is 2. The third-order valence-corrected chi connectivity index (χ3v) is 7.25. The van der Waals surface area contributed by atoms with E-state index in [1.165, 1.54) is 38.4 Å². The van der Waals surface area contributed by atoms with Crippen LogP contribution in [0.25, 0.3) is 22.3 Å². The Morgan fingerprint density at radius 1 is 0.977 bits per heavy atom. The number of methoxy groups -OCH3 is 1. The number of amides is 1. The normalized spacial score (nSPS) is 11.8. The van der Waals surface area contributed by atoms with Crippen LogP contribution in [0.2, 0.25) is 0 Å². The van der Waals surface area contributed by atoms with Gasteiger partial charge in [0.2, 0.25) is 5.88 Å². The van der Waals surface area contributed by atoms with Gasteiger partial charge in [0, 0.05) is 37.8 Å². The van der Waals surface area contributed by atoms with Gasteiger partial charge in [0.1, 0.15) is 24.1 Å². The van der Waals surface area contributed by atoms with Crippen LogP contribution in [0.4, 0.5) is 8.78 Å². The number of pyridine rings is 1. The maximum Gasteiger partial charge on any atom is 0.335 e. The number of aromatic nitrogens is 3. The lowest BCUT2D eigenvalue weighted by molar-refractivity contribution is -0.131. The van der Waals surface area contributed by atoms with Crippen molar-refractivity contribution in [1.82, 2.24) is 19.9 Å². The van der Waals surface area contributed by atoms with Crippen molar-refractivity contribution < 1.29 is 33.0 Å². The minimum atomic E-state index is -1.11. The van der Waals surface area contributed by atoms with Gasteiger partial charge in [0.15, 0.2) is 6.10 Å². The molecule has 1 amide bonds. The number of fused-ring (bicyclic) bond motifs is 1. The Balaban J connectivity index is 1.41. The number of nitrogens with one attached hydrogen (secondary N) is 1. The summed E-state index contributed by atoms with van der Waals surface area (Å²) in [6.45, 7) is 1.84. The number of carbonyl (C=O) groups excluding carboxylic acids is 1. The highest BCUT2D eigenvalue weighted by Gasteiger charge is 2.22. The number of nitrogens with zero attached hydrogens (tertiary/aromatic N) is 3. The molecule has 5 rings (SSSR count). The second kappa shape index (κ2) is 13.0. The van der Waals surface area contributed by atoms with Crippen molar-refractivity contribution in [3.8, 4) is 17.1 Å². The molecule has 0 saturated carbocycles. The van der Waals surface area contributed by atoms with Crippen molar-refractivity contribution in [1.29, 1.82) is 0 Å². The number of carboxylic acid groups (broad SMARTS) is 1. The van der Waals surface area contributed by atoms with Gasteiger partial charge in [0.05, 0.1) is 28.8 Å². The molecule has 44 heavy (non-hydrogen) atoms. The number of rotatable bonds is 11. The van der Waals surface area contributed by atoms with Crippen LogP contribution in [0.15, 0.2) is 72.8 Å². The second-order valence-corrected chi connectivity index (χ2v) is 10.2. The number of aromatic carboxylic acids is 1. The quantitative estimate of drug-likeness (QED) is 0.211. The summed E-state index contributed by atoms with van der Waals surface area (Å²) in [6.07, 6.45) is -0.827. The summed E-state index contributed by atoms with van der Waals surface area (Å²) in [7, 11) is 2.88. The lowest BCUT2D eigenvalue weighted by Gasteiger charge is -2.17. The van der Waals surface area contributed by atoms with Crippen LogP contribution in [-0.2, 0) is 29.1 Å². The average molecular weight is 601 g/mol. The molecule has 0 unspecified atom stereocenters. The molecule has 0 aliphatic carbocycles. The maximum absolute atomic E-state index is 15.5. The molecule has 9 nitrogen and oxygen atoms in total. The molecule has 0 radical (unpaired) electrons. The van der Waals surface area contributed by atoms with Crippen molar-refractivity contribution in [3.63, 3.8) is 0 Å². The highest BCUT2D eigenvalue weighted by atomic mass is 19.1. The molecule has 226 valence electrons. The Morgan fingerprint density at radius 3 is 2.45 bits per heavy atom. The van der Waals surface area contributed by atoms with Crippen molar-refractivity contribution in [2.75, 3.05) is 14.2 Å². The molecule has 0 aliphatic rings. The average Bonchev–Trinajstić information content (AvgIpc) is 3.35. The summed E-state index contributed by atoms with van der Waals surface area (Å²) in [5, 5.41) is 12.1. The number of likely N-dealkylation sites (N-methyl/N-ethyl adjacent to an activating group) is 1. The lowest BCUT2D eigenvalue weighted by atomic mass is 10.1. The smallest absolute Gasteiger partial charge is 0.335 e. The van der Waals surface area contributed by atoms with Crippen LogP contribution in [0.1, 0.15) is 32.9 Å². The maximum atomic E-state index is 15.5. The van der Waals surface area contributed by atoms with E-state index in [9.17, 15) is 19.1 Å².